The van der Waals surface area contributed by atoms with Crippen molar-refractivity contribution in [1.82, 2.24) is 15.0 Å². The molecule has 0 unspecified atom stereocenters. The number of rotatable bonds is 5. The summed E-state index contributed by atoms with van der Waals surface area (Å²) in [4.78, 5) is 11.8. The van der Waals surface area contributed by atoms with Gasteiger partial charge in [0.2, 0.25) is 0 Å². The molecule has 0 bridgehead atoms. The molecule has 0 fully saturated rings. The summed E-state index contributed by atoms with van der Waals surface area (Å²) in [5.74, 6) is 0.606. The van der Waals surface area contributed by atoms with Gasteiger partial charge in [-0.3, -0.25) is 0 Å². The molecule has 7 heteroatoms. The van der Waals surface area contributed by atoms with E-state index in [2.05, 4.69) is 20.3 Å². The number of nitrogens with zero attached hydrogens (tertiary/aromatic N) is 3. The molecule has 1 heterocycles. The lowest BCUT2D eigenvalue weighted by Gasteiger charge is -2.07. The van der Waals surface area contributed by atoms with Gasteiger partial charge in [0, 0.05) is 12.7 Å². The van der Waals surface area contributed by atoms with Gasteiger partial charge in [-0.05, 0) is 24.3 Å². The van der Waals surface area contributed by atoms with E-state index in [-0.39, 0.29) is 18.0 Å². The highest BCUT2D eigenvalue weighted by atomic mass is 16.5. The van der Waals surface area contributed by atoms with Crippen LogP contribution in [0, 0.1) is 0 Å². The van der Waals surface area contributed by atoms with E-state index in [0.29, 0.717) is 5.75 Å². The fourth-order valence-corrected chi connectivity index (χ4v) is 1.34. The molecule has 0 amide bonds. The topological polar surface area (TPSA) is 78.4 Å². The molecule has 7 nitrogen and oxygen atoms in total. The highest BCUT2D eigenvalue weighted by molar-refractivity contribution is 5.46. The van der Waals surface area contributed by atoms with Crippen LogP contribution in [0.2, 0.25) is 0 Å². The molecule has 0 aliphatic heterocycles. The molecular formula is C12H14N4O3. The van der Waals surface area contributed by atoms with Crippen LogP contribution in [0.5, 0.6) is 23.8 Å². The largest absolute Gasteiger partial charge is 0.467 e. The van der Waals surface area contributed by atoms with Gasteiger partial charge in [-0.15, -0.1) is 15.0 Å². The van der Waals surface area contributed by atoms with Crippen LogP contribution in [0.3, 0.4) is 0 Å². The number of anilines is 1. The summed E-state index contributed by atoms with van der Waals surface area (Å²) in [6.07, 6.45) is 0. The van der Waals surface area contributed by atoms with E-state index in [0.717, 1.165) is 5.69 Å². The molecule has 0 atom stereocenters. The fraction of sp³-hybridized carbons (Fsp3) is 0.250. The summed E-state index contributed by atoms with van der Waals surface area (Å²) in [5.41, 5.74) is 0.984. The van der Waals surface area contributed by atoms with E-state index in [1.165, 1.54) is 14.2 Å². The van der Waals surface area contributed by atoms with Crippen molar-refractivity contribution < 1.29 is 14.2 Å². The van der Waals surface area contributed by atoms with Crippen molar-refractivity contribution in [3.05, 3.63) is 24.3 Å². The third-order valence-corrected chi connectivity index (χ3v) is 2.29. The molecule has 2 rings (SSSR count). The van der Waals surface area contributed by atoms with Gasteiger partial charge in [0.05, 0.1) is 14.2 Å². The van der Waals surface area contributed by atoms with Crippen molar-refractivity contribution in [3.63, 3.8) is 0 Å². The van der Waals surface area contributed by atoms with Gasteiger partial charge >= 0.3 is 18.0 Å². The first kappa shape index (κ1) is 12.9. The fourth-order valence-electron chi connectivity index (χ4n) is 1.34. The van der Waals surface area contributed by atoms with Crippen LogP contribution in [0.25, 0.3) is 0 Å². The van der Waals surface area contributed by atoms with Crippen LogP contribution in [-0.2, 0) is 0 Å². The van der Waals surface area contributed by atoms with Crippen molar-refractivity contribution in [2.75, 3.05) is 26.6 Å². The molecule has 1 aromatic carbocycles. The van der Waals surface area contributed by atoms with E-state index in [1.807, 2.05) is 19.2 Å². The second kappa shape index (κ2) is 5.85. The Morgan fingerprint density at radius 1 is 0.842 bits per heavy atom. The van der Waals surface area contributed by atoms with Crippen molar-refractivity contribution in [3.8, 4) is 23.8 Å². The second-order valence-corrected chi connectivity index (χ2v) is 3.47. The van der Waals surface area contributed by atoms with Crippen molar-refractivity contribution >= 4 is 5.69 Å². The SMILES string of the molecule is CNc1ccc(Oc2nc(OC)nc(OC)n2)cc1. The van der Waals surface area contributed by atoms with E-state index in [1.54, 1.807) is 12.1 Å². The highest BCUT2D eigenvalue weighted by Gasteiger charge is 2.09. The van der Waals surface area contributed by atoms with Gasteiger partial charge in [-0.1, -0.05) is 0 Å². The summed E-state index contributed by atoms with van der Waals surface area (Å²) in [5, 5.41) is 3.02. The molecule has 100 valence electrons. The molecule has 2 aromatic rings. The molecule has 0 aliphatic rings. The predicted molar refractivity (Wildman–Crippen MR) is 69.0 cm³/mol. The molecular weight excluding hydrogens is 248 g/mol. The summed E-state index contributed by atoms with van der Waals surface area (Å²) in [6.45, 7) is 0. The van der Waals surface area contributed by atoms with Gasteiger partial charge in [0.1, 0.15) is 5.75 Å². The third-order valence-electron chi connectivity index (χ3n) is 2.29. The van der Waals surface area contributed by atoms with E-state index in [9.17, 15) is 0 Å². The molecule has 19 heavy (non-hydrogen) atoms. The van der Waals surface area contributed by atoms with Crippen LogP contribution in [-0.4, -0.2) is 36.2 Å². The number of methoxy groups -OCH3 is 2. The zero-order valence-electron chi connectivity index (χ0n) is 10.9. The van der Waals surface area contributed by atoms with Gasteiger partial charge in [-0.2, -0.15) is 0 Å². The molecule has 0 spiro atoms. The minimum absolute atomic E-state index is 0.112. The van der Waals surface area contributed by atoms with Crippen LogP contribution < -0.4 is 19.5 Å². The molecule has 0 aliphatic carbocycles. The molecule has 0 saturated carbocycles. The quantitative estimate of drug-likeness (QED) is 0.878. The second-order valence-electron chi connectivity index (χ2n) is 3.47. The van der Waals surface area contributed by atoms with Crippen LogP contribution >= 0.6 is 0 Å². The summed E-state index contributed by atoms with van der Waals surface area (Å²) >= 11 is 0. The first-order valence-electron chi connectivity index (χ1n) is 5.55. The Bertz CT molecular complexity index is 523. The van der Waals surface area contributed by atoms with Gasteiger partial charge in [0.25, 0.3) is 0 Å². The van der Waals surface area contributed by atoms with Crippen LogP contribution in [0.1, 0.15) is 0 Å². The Morgan fingerprint density at radius 2 is 1.37 bits per heavy atom. The van der Waals surface area contributed by atoms with Crippen LogP contribution in [0.15, 0.2) is 24.3 Å². The average Bonchev–Trinajstić information content (AvgIpc) is 2.47. The number of aromatic nitrogens is 3. The smallest absolute Gasteiger partial charge is 0.331 e. The Balaban J connectivity index is 2.21. The molecule has 1 aromatic heterocycles. The van der Waals surface area contributed by atoms with E-state index in [4.69, 9.17) is 14.2 Å². The first-order chi connectivity index (χ1) is 9.25. The number of ether oxygens (including phenoxy) is 3. The van der Waals surface area contributed by atoms with Gasteiger partial charge in [-0.25, -0.2) is 0 Å². The molecule has 0 radical (unpaired) electrons. The van der Waals surface area contributed by atoms with Gasteiger partial charge in [0.15, 0.2) is 0 Å². The lowest BCUT2D eigenvalue weighted by molar-refractivity contribution is 0.320. The highest BCUT2D eigenvalue weighted by Crippen LogP contribution is 2.22. The molecule has 1 N–H and O–H groups in total. The number of hydrogen-bond acceptors (Lipinski definition) is 7. The lowest BCUT2D eigenvalue weighted by Crippen LogP contribution is -2.01. The number of nitrogens with one attached hydrogen (secondary N) is 1. The zero-order chi connectivity index (χ0) is 13.7. The third kappa shape index (κ3) is 3.21. The average molecular weight is 262 g/mol. The van der Waals surface area contributed by atoms with Crippen LogP contribution in [0.4, 0.5) is 5.69 Å². The Morgan fingerprint density at radius 3 is 1.84 bits per heavy atom. The van der Waals surface area contributed by atoms with Crippen molar-refractivity contribution in [2.24, 2.45) is 0 Å². The molecule has 0 saturated heterocycles. The van der Waals surface area contributed by atoms with E-state index >= 15 is 0 Å². The maximum absolute atomic E-state index is 5.51. The maximum Gasteiger partial charge on any atom is 0.331 e. The first-order valence-corrected chi connectivity index (χ1v) is 5.55. The summed E-state index contributed by atoms with van der Waals surface area (Å²) in [7, 11) is 4.76. The Hall–Kier alpha value is -2.57. The van der Waals surface area contributed by atoms with E-state index < -0.39 is 0 Å². The summed E-state index contributed by atoms with van der Waals surface area (Å²) in [6, 6.07) is 7.74. The normalized spacial score (nSPS) is 9.84. The Labute approximate surface area is 110 Å². The van der Waals surface area contributed by atoms with Gasteiger partial charge < -0.3 is 19.5 Å². The minimum atomic E-state index is 0.112. The number of benzene rings is 1. The van der Waals surface area contributed by atoms with Crippen molar-refractivity contribution in [2.45, 2.75) is 0 Å². The minimum Gasteiger partial charge on any atom is -0.467 e. The van der Waals surface area contributed by atoms with Crippen molar-refractivity contribution in [1.29, 1.82) is 0 Å². The summed E-state index contributed by atoms with van der Waals surface area (Å²) < 4.78 is 15.4. The standard InChI is InChI=1S/C12H14N4O3/c1-13-8-4-6-9(7-5-8)19-12-15-10(17-2)14-11(16-12)18-3/h4-7,13H,1-3H3. The monoisotopic (exact) mass is 262 g/mol. The number of hydrogen-bond donors (Lipinski definition) is 1. The predicted octanol–water partition coefficient (Wildman–Crippen LogP) is 1.72. The Kier molecular flexibility index (Phi) is 3.97. The lowest BCUT2D eigenvalue weighted by atomic mass is 10.3. The zero-order valence-corrected chi connectivity index (χ0v) is 10.9. The maximum atomic E-state index is 5.51.